The summed E-state index contributed by atoms with van der Waals surface area (Å²) in [6, 6.07) is 0. The van der Waals surface area contributed by atoms with Crippen molar-refractivity contribution in [3.05, 3.63) is 0 Å². The van der Waals surface area contributed by atoms with Gasteiger partial charge >= 0.3 is 11.9 Å². The van der Waals surface area contributed by atoms with E-state index in [4.69, 9.17) is 11.5 Å². The molecule has 0 bridgehead atoms. The number of carboxylic acids is 1. The minimum Gasteiger partial charge on any atom is -0.473 e. The Bertz CT molecular complexity index is 214. The monoisotopic (exact) mass is 170 g/mol. The Kier molecular flexibility index (Phi) is 4.54. The Balaban J connectivity index is 3.52. The van der Waals surface area contributed by atoms with Crippen molar-refractivity contribution in [1.29, 1.82) is 0 Å². The lowest BCUT2D eigenvalue weighted by Gasteiger charge is -2.02. The molecule has 66 valence electrons. The van der Waals surface area contributed by atoms with Crippen LogP contribution in [0.4, 0.5) is 0 Å². The molecule has 4 heteroatoms. The van der Waals surface area contributed by atoms with Crippen LogP contribution in [0.5, 0.6) is 0 Å². The first-order valence-electron chi connectivity index (χ1n) is 3.44. The fourth-order valence-corrected chi connectivity index (χ4v) is 0.473. The van der Waals surface area contributed by atoms with Gasteiger partial charge in [0.05, 0.1) is 6.61 Å². The summed E-state index contributed by atoms with van der Waals surface area (Å²) >= 11 is 0. The first-order chi connectivity index (χ1) is 5.57. The van der Waals surface area contributed by atoms with Gasteiger partial charge in [-0.05, 0) is 6.42 Å². The third-order valence-electron chi connectivity index (χ3n) is 1.24. The molecular formula is C8H10O4. The molecule has 0 aliphatic rings. The van der Waals surface area contributed by atoms with Gasteiger partial charge in [0.1, 0.15) is 0 Å². The second kappa shape index (κ2) is 5.19. The van der Waals surface area contributed by atoms with Crippen molar-refractivity contribution in [2.75, 3.05) is 6.61 Å². The van der Waals surface area contributed by atoms with Crippen LogP contribution in [0.1, 0.15) is 13.3 Å². The van der Waals surface area contributed by atoms with Gasteiger partial charge in [-0.3, -0.25) is 0 Å². The van der Waals surface area contributed by atoms with E-state index in [1.54, 1.807) is 6.92 Å². The summed E-state index contributed by atoms with van der Waals surface area (Å²) in [5.74, 6) is -0.396. The molecule has 0 aliphatic heterocycles. The van der Waals surface area contributed by atoms with E-state index in [0.29, 0.717) is 6.42 Å². The van der Waals surface area contributed by atoms with E-state index in [1.165, 1.54) is 0 Å². The van der Waals surface area contributed by atoms with Gasteiger partial charge < -0.3 is 9.84 Å². The van der Waals surface area contributed by atoms with E-state index in [9.17, 15) is 9.59 Å². The summed E-state index contributed by atoms with van der Waals surface area (Å²) in [6.07, 6.45) is 5.52. The molecule has 0 radical (unpaired) electrons. The topological polar surface area (TPSA) is 63.6 Å². The predicted molar refractivity (Wildman–Crippen MR) is 41.2 cm³/mol. The summed E-state index contributed by atoms with van der Waals surface area (Å²) in [4.78, 5) is 20.3. The molecule has 0 amide bonds. The van der Waals surface area contributed by atoms with E-state index in [2.05, 4.69) is 10.7 Å². The lowest BCUT2D eigenvalue weighted by atomic mass is 10.1. The first-order valence-corrected chi connectivity index (χ1v) is 3.44. The largest absolute Gasteiger partial charge is 0.473 e. The van der Waals surface area contributed by atoms with E-state index in [1.807, 2.05) is 0 Å². The van der Waals surface area contributed by atoms with Crippen molar-refractivity contribution >= 4 is 11.9 Å². The van der Waals surface area contributed by atoms with Crippen molar-refractivity contribution in [2.45, 2.75) is 13.3 Å². The maximum Gasteiger partial charge on any atom is 0.417 e. The van der Waals surface area contributed by atoms with Crippen LogP contribution < -0.4 is 0 Å². The van der Waals surface area contributed by atoms with E-state index < -0.39 is 11.9 Å². The third kappa shape index (κ3) is 4.34. The highest BCUT2D eigenvalue weighted by Gasteiger charge is 2.12. The zero-order valence-corrected chi connectivity index (χ0v) is 6.74. The summed E-state index contributed by atoms with van der Waals surface area (Å²) < 4.78 is 4.34. The molecule has 0 aliphatic carbocycles. The van der Waals surface area contributed by atoms with E-state index >= 15 is 0 Å². The smallest absolute Gasteiger partial charge is 0.417 e. The van der Waals surface area contributed by atoms with E-state index in [-0.39, 0.29) is 12.5 Å². The number of aliphatic carboxylic acids is 1. The molecule has 1 atom stereocenters. The van der Waals surface area contributed by atoms with Crippen LogP contribution >= 0.6 is 0 Å². The summed E-state index contributed by atoms with van der Waals surface area (Å²) in [5.41, 5.74) is 0. The van der Waals surface area contributed by atoms with Crippen molar-refractivity contribution < 1.29 is 19.4 Å². The van der Waals surface area contributed by atoms with Crippen LogP contribution in [0, 0.1) is 18.3 Å². The Morgan fingerprint density at radius 3 is 2.67 bits per heavy atom. The van der Waals surface area contributed by atoms with Gasteiger partial charge in [-0.15, -0.1) is 12.3 Å². The molecule has 0 saturated carbocycles. The average molecular weight is 170 g/mol. The van der Waals surface area contributed by atoms with Gasteiger partial charge in [-0.1, -0.05) is 6.92 Å². The molecule has 0 spiro atoms. The molecule has 0 aromatic heterocycles. The minimum absolute atomic E-state index is 0.00778. The zero-order chi connectivity index (χ0) is 9.56. The van der Waals surface area contributed by atoms with Gasteiger partial charge in [0.15, 0.2) is 0 Å². The molecule has 12 heavy (non-hydrogen) atoms. The van der Waals surface area contributed by atoms with Gasteiger partial charge in [-0.25, -0.2) is 9.59 Å². The normalized spacial score (nSPS) is 11.3. The predicted octanol–water partition coefficient (Wildman–Crippen LogP) is 0.274. The van der Waals surface area contributed by atoms with Crippen LogP contribution in [0.25, 0.3) is 0 Å². The van der Waals surface area contributed by atoms with Gasteiger partial charge in [-0.2, -0.15) is 0 Å². The van der Waals surface area contributed by atoms with Gasteiger partial charge in [0, 0.05) is 5.92 Å². The van der Waals surface area contributed by atoms with Crippen molar-refractivity contribution in [3.8, 4) is 12.3 Å². The lowest BCUT2D eigenvalue weighted by molar-refractivity contribution is -0.164. The number of carboxylic acid groups (broad SMARTS) is 1. The Morgan fingerprint density at radius 2 is 2.25 bits per heavy atom. The maximum absolute atomic E-state index is 10.3. The molecular weight excluding hydrogens is 160 g/mol. The number of rotatable bonds is 3. The number of terminal acetylenes is 1. The highest BCUT2D eigenvalue weighted by molar-refractivity contribution is 6.28. The SMILES string of the molecule is C#CC(C)CCOC(=O)C(=O)O. The molecule has 1 N–H and O–H groups in total. The number of esters is 1. The molecule has 0 fully saturated rings. The molecule has 0 rings (SSSR count). The number of ether oxygens (including phenoxy) is 1. The molecule has 0 saturated heterocycles. The van der Waals surface area contributed by atoms with Crippen LogP contribution in [-0.2, 0) is 14.3 Å². The Morgan fingerprint density at radius 1 is 1.67 bits per heavy atom. The molecule has 4 nitrogen and oxygen atoms in total. The molecule has 0 heterocycles. The Labute approximate surface area is 70.5 Å². The highest BCUT2D eigenvalue weighted by Crippen LogP contribution is 1.98. The standard InChI is InChI=1S/C8H10O4/c1-3-6(2)4-5-12-8(11)7(9)10/h1,6H,4-5H2,2H3,(H,9,10). The summed E-state index contributed by atoms with van der Waals surface area (Å²) in [7, 11) is 0. The van der Waals surface area contributed by atoms with E-state index in [0.717, 1.165) is 0 Å². The highest BCUT2D eigenvalue weighted by atomic mass is 16.6. The quantitative estimate of drug-likeness (QED) is 0.375. The molecule has 0 aromatic carbocycles. The van der Waals surface area contributed by atoms with Crippen LogP contribution in [0.2, 0.25) is 0 Å². The summed E-state index contributed by atoms with van der Waals surface area (Å²) in [6.45, 7) is 1.84. The average Bonchev–Trinajstić information content (AvgIpc) is 2.03. The van der Waals surface area contributed by atoms with Crippen molar-refractivity contribution in [1.82, 2.24) is 0 Å². The third-order valence-corrected chi connectivity index (χ3v) is 1.24. The maximum atomic E-state index is 10.3. The second-order valence-corrected chi connectivity index (χ2v) is 2.30. The van der Waals surface area contributed by atoms with Gasteiger partial charge in [0.25, 0.3) is 0 Å². The molecule has 1 unspecified atom stereocenters. The Hall–Kier alpha value is -1.50. The number of hydrogen-bond donors (Lipinski definition) is 1. The fourth-order valence-electron chi connectivity index (χ4n) is 0.473. The number of carbonyl (C=O) groups excluding carboxylic acids is 1. The molecule has 0 aromatic rings. The number of hydrogen-bond acceptors (Lipinski definition) is 3. The van der Waals surface area contributed by atoms with Gasteiger partial charge in [0.2, 0.25) is 0 Å². The van der Waals surface area contributed by atoms with Crippen LogP contribution in [0.3, 0.4) is 0 Å². The van der Waals surface area contributed by atoms with Crippen molar-refractivity contribution in [2.24, 2.45) is 5.92 Å². The number of carbonyl (C=O) groups is 2. The summed E-state index contributed by atoms with van der Waals surface area (Å²) in [5, 5.41) is 8.09. The second-order valence-electron chi connectivity index (χ2n) is 2.30. The fraction of sp³-hybridized carbons (Fsp3) is 0.500. The lowest BCUT2D eigenvalue weighted by Crippen LogP contribution is -2.17. The first kappa shape index (κ1) is 10.5. The van der Waals surface area contributed by atoms with Crippen molar-refractivity contribution in [3.63, 3.8) is 0 Å². The minimum atomic E-state index is -1.58. The zero-order valence-electron chi connectivity index (χ0n) is 6.74. The van der Waals surface area contributed by atoms with Crippen LogP contribution in [-0.4, -0.2) is 23.7 Å². The van der Waals surface area contributed by atoms with Crippen LogP contribution in [0.15, 0.2) is 0 Å².